The monoisotopic (exact) mass is 212 g/mol. The summed E-state index contributed by atoms with van der Waals surface area (Å²) in [6.07, 6.45) is 0. The third kappa shape index (κ3) is 3.47. The molecular weight excluding hydrogens is 196 g/mol. The van der Waals surface area contributed by atoms with Gasteiger partial charge in [0.1, 0.15) is 5.75 Å². The van der Waals surface area contributed by atoms with Crippen molar-refractivity contribution in [3.05, 3.63) is 23.5 Å². The Hall–Kier alpha value is -1.17. The van der Waals surface area contributed by atoms with Crippen LogP contribution in [0.3, 0.4) is 0 Å². The van der Waals surface area contributed by atoms with Gasteiger partial charge in [0.2, 0.25) is 0 Å². The number of aliphatic hydroxyl groups is 2. The molecule has 5 heteroatoms. The summed E-state index contributed by atoms with van der Waals surface area (Å²) in [5.41, 5.74) is 1.33. The van der Waals surface area contributed by atoms with E-state index >= 15 is 0 Å². The zero-order valence-electron chi connectivity index (χ0n) is 8.64. The first-order chi connectivity index (χ1) is 7.17. The Morgan fingerprint density at radius 2 is 2.00 bits per heavy atom. The highest BCUT2D eigenvalue weighted by molar-refractivity contribution is 5.27. The van der Waals surface area contributed by atoms with E-state index in [0.717, 1.165) is 5.69 Å². The zero-order valence-corrected chi connectivity index (χ0v) is 8.64. The Kier molecular flexibility index (Phi) is 4.48. The van der Waals surface area contributed by atoms with E-state index in [-0.39, 0.29) is 25.0 Å². The lowest BCUT2D eigenvalue weighted by molar-refractivity contribution is 0.169. The van der Waals surface area contributed by atoms with Gasteiger partial charge >= 0.3 is 0 Å². The molecule has 0 aliphatic heterocycles. The fraction of sp³-hybridized carbons (Fsp3) is 0.500. The highest BCUT2D eigenvalue weighted by Gasteiger charge is 2.07. The number of nitrogens with one attached hydrogen (secondary N) is 1. The van der Waals surface area contributed by atoms with Crippen LogP contribution in [0.2, 0.25) is 0 Å². The minimum absolute atomic E-state index is 0.114. The van der Waals surface area contributed by atoms with Crippen LogP contribution >= 0.6 is 0 Å². The predicted molar refractivity (Wildman–Crippen MR) is 55.4 cm³/mol. The van der Waals surface area contributed by atoms with Crippen LogP contribution in [-0.2, 0) is 6.54 Å². The van der Waals surface area contributed by atoms with Crippen LogP contribution in [0.4, 0.5) is 0 Å². The van der Waals surface area contributed by atoms with Crippen LogP contribution in [-0.4, -0.2) is 39.6 Å². The molecule has 15 heavy (non-hydrogen) atoms. The lowest BCUT2D eigenvalue weighted by Gasteiger charge is -2.13. The van der Waals surface area contributed by atoms with Gasteiger partial charge in [-0.25, -0.2) is 0 Å². The average molecular weight is 212 g/mol. The number of hydrogen-bond acceptors (Lipinski definition) is 5. The Bertz CT molecular complexity index is 314. The lowest BCUT2D eigenvalue weighted by Crippen LogP contribution is -2.35. The Morgan fingerprint density at radius 3 is 2.60 bits per heavy atom. The van der Waals surface area contributed by atoms with Gasteiger partial charge in [0.05, 0.1) is 24.9 Å². The number of aryl methyl sites for hydroxylation is 1. The molecule has 84 valence electrons. The average Bonchev–Trinajstić information content (AvgIpc) is 2.24. The molecule has 0 radical (unpaired) electrons. The number of aromatic hydroxyl groups is 1. The van der Waals surface area contributed by atoms with E-state index in [1.165, 1.54) is 0 Å². The summed E-state index contributed by atoms with van der Waals surface area (Å²) in [7, 11) is 0. The Labute approximate surface area is 88.4 Å². The van der Waals surface area contributed by atoms with Crippen molar-refractivity contribution in [3.63, 3.8) is 0 Å². The van der Waals surface area contributed by atoms with Crippen molar-refractivity contribution in [2.75, 3.05) is 13.2 Å². The van der Waals surface area contributed by atoms with Crippen LogP contribution in [0, 0.1) is 6.92 Å². The SMILES string of the molecule is Cc1ccc(O)c(CNC(CO)CO)n1. The molecule has 0 bridgehead atoms. The summed E-state index contributed by atoms with van der Waals surface area (Å²) in [5.74, 6) is 0.114. The van der Waals surface area contributed by atoms with Gasteiger partial charge in [-0.1, -0.05) is 0 Å². The first kappa shape index (κ1) is 11.9. The zero-order chi connectivity index (χ0) is 11.3. The number of pyridine rings is 1. The van der Waals surface area contributed by atoms with Crippen molar-refractivity contribution in [2.45, 2.75) is 19.5 Å². The van der Waals surface area contributed by atoms with Gasteiger partial charge in [-0.15, -0.1) is 0 Å². The molecule has 1 aromatic heterocycles. The molecule has 0 atom stereocenters. The second kappa shape index (κ2) is 5.65. The van der Waals surface area contributed by atoms with Crippen LogP contribution in [0.25, 0.3) is 0 Å². The van der Waals surface area contributed by atoms with E-state index in [2.05, 4.69) is 10.3 Å². The molecule has 1 rings (SSSR count). The number of aromatic nitrogens is 1. The topological polar surface area (TPSA) is 85.6 Å². The molecule has 0 saturated carbocycles. The third-order valence-electron chi connectivity index (χ3n) is 2.09. The standard InChI is InChI=1S/C10H16N2O3/c1-7-2-3-10(15)9(12-7)4-11-8(5-13)6-14/h2-3,8,11,13-15H,4-6H2,1H3. The Morgan fingerprint density at radius 1 is 1.33 bits per heavy atom. The van der Waals surface area contributed by atoms with Gasteiger partial charge in [-0.2, -0.15) is 0 Å². The smallest absolute Gasteiger partial charge is 0.138 e. The third-order valence-corrected chi connectivity index (χ3v) is 2.09. The molecule has 0 aliphatic rings. The maximum Gasteiger partial charge on any atom is 0.138 e. The van der Waals surface area contributed by atoms with Gasteiger partial charge in [-0.05, 0) is 19.1 Å². The molecule has 4 N–H and O–H groups in total. The summed E-state index contributed by atoms with van der Waals surface area (Å²) >= 11 is 0. The lowest BCUT2D eigenvalue weighted by atomic mass is 10.2. The van der Waals surface area contributed by atoms with Crippen LogP contribution in [0.15, 0.2) is 12.1 Å². The van der Waals surface area contributed by atoms with Crippen LogP contribution in [0.1, 0.15) is 11.4 Å². The van der Waals surface area contributed by atoms with Gasteiger partial charge in [0, 0.05) is 12.2 Å². The molecule has 0 unspecified atom stereocenters. The number of nitrogens with zero attached hydrogens (tertiary/aromatic N) is 1. The van der Waals surface area contributed by atoms with E-state index in [9.17, 15) is 5.11 Å². The first-order valence-corrected chi connectivity index (χ1v) is 4.78. The molecule has 0 aromatic carbocycles. The molecule has 1 aromatic rings. The highest BCUT2D eigenvalue weighted by Crippen LogP contribution is 2.14. The largest absolute Gasteiger partial charge is 0.506 e. The molecule has 0 amide bonds. The van der Waals surface area contributed by atoms with Crippen LogP contribution in [0.5, 0.6) is 5.75 Å². The van der Waals surface area contributed by atoms with Crippen molar-refractivity contribution in [1.82, 2.24) is 10.3 Å². The normalized spacial score (nSPS) is 10.9. The summed E-state index contributed by atoms with van der Waals surface area (Å²) in [6, 6.07) is 2.91. The molecule has 0 saturated heterocycles. The maximum absolute atomic E-state index is 9.47. The number of rotatable bonds is 5. The predicted octanol–water partition coefficient (Wildman–Crippen LogP) is -0.462. The minimum atomic E-state index is -0.383. The summed E-state index contributed by atoms with van der Waals surface area (Å²) in [4.78, 5) is 4.14. The van der Waals surface area contributed by atoms with E-state index in [0.29, 0.717) is 12.2 Å². The van der Waals surface area contributed by atoms with Crippen molar-refractivity contribution >= 4 is 0 Å². The van der Waals surface area contributed by atoms with Gasteiger partial charge in [0.25, 0.3) is 0 Å². The van der Waals surface area contributed by atoms with Gasteiger partial charge < -0.3 is 20.6 Å². The molecule has 0 fully saturated rings. The van der Waals surface area contributed by atoms with Gasteiger partial charge in [0.15, 0.2) is 0 Å². The fourth-order valence-corrected chi connectivity index (χ4v) is 1.16. The summed E-state index contributed by atoms with van der Waals surface area (Å²) in [6.45, 7) is 1.85. The molecule has 5 nitrogen and oxygen atoms in total. The second-order valence-corrected chi connectivity index (χ2v) is 3.36. The second-order valence-electron chi connectivity index (χ2n) is 3.36. The minimum Gasteiger partial charge on any atom is -0.506 e. The molecule has 0 spiro atoms. The van der Waals surface area contributed by atoms with Crippen molar-refractivity contribution in [2.24, 2.45) is 0 Å². The first-order valence-electron chi connectivity index (χ1n) is 4.78. The van der Waals surface area contributed by atoms with Crippen molar-refractivity contribution in [3.8, 4) is 5.75 Å². The van der Waals surface area contributed by atoms with Crippen LogP contribution < -0.4 is 5.32 Å². The van der Waals surface area contributed by atoms with E-state index in [4.69, 9.17) is 10.2 Å². The van der Waals surface area contributed by atoms with Gasteiger partial charge in [-0.3, -0.25) is 4.98 Å². The molecule has 0 aliphatic carbocycles. The molecular formula is C10H16N2O3. The fourth-order valence-electron chi connectivity index (χ4n) is 1.16. The number of hydrogen-bond donors (Lipinski definition) is 4. The number of aliphatic hydroxyl groups excluding tert-OH is 2. The summed E-state index contributed by atoms with van der Waals surface area (Å²) in [5, 5.41) is 30.0. The maximum atomic E-state index is 9.47. The van der Waals surface area contributed by atoms with E-state index < -0.39 is 0 Å². The Balaban J connectivity index is 2.60. The van der Waals surface area contributed by atoms with E-state index in [1.807, 2.05) is 6.92 Å². The molecule has 1 heterocycles. The van der Waals surface area contributed by atoms with Crippen molar-refractivity contribution in [1.29, 1.82) is 0 Å². The highest BCUT2D eigenvalue weighted by atomic mass is 16.3. The van der Waals surface area contributed by atoms with E-state index in [1.54, 1.807) is 12.1 Å². The quantitative estimate of drug-likeness (QED) is 0.530. The summed E-state index contributed by atoms with van der Waals surface area (Å²) < 4.78 is 0. The van der Waals surface area contributed by atoms with Crippen molar-refractivity contribution < 1.29 is 15.3 Å².